The highest BCUT2D eigenvalue weighted by Crippen LogP contribution is 2.38. The first-order chi connectivity index (χ1) is 10.2. The summed E-state index contributed by atoms with van der Waals surface area (Å²) in [5.74, 6) is 0. The molecule has 8 heteroatoms. The third kappa shape index (κ3) is 4.92. The van der Waals surface area contributed by atoms with Crippen molar-refractivity contribution in [2.45, 2.75) is 51.4 Å². The van der Waals surface area contributed by atoms with Crippen LogP contribution < -0.4 is 5.73 Å². The predicted octanol–water partition coefficient (Wildman–Crippen LogP) is 0.762. The minimum atomic E-state index is -1.70. The van der Waals surface area contributed by atoms with Crippen LogP contribution in [-0.4, -0.2) is 65.1 Å². The van der Waals surface area contributed by atoms with E-state index >= 15 is 0 Å². The molecule has 0 spiro atoms. The molecule has 121 valence electrons. The van der Waals surface area contributed by atoms with Gasteiger partial charge < -0.3 is 28.6 Å². The number of ether oxygens (including phenoxy) is 1. The maximum absolute atomic E-state index is 11.6. The molecule has 2 rings (SSSR count). The molecule has 1 radical (unpaired) electrons. The van der Waals surface area contributed by atoms with E-state index in [0.717, 1.165) is 19.3 Å². The predicted molar refractivity (Wildman–Crippen MR) is 77.5 cm³/mol. The van der Waals surface area contributed by atoms with Gasteiger partial charge in [-0.15, -0.1) is 0 Å². The van der Waals surface area contributed by atoms with Gasteiger partial charge in [0.1, 0.15) is 0 Å². The molecule has 3 atom stereocenters. The zero-order valence-corrected chi connectivity index (χ0v) is 13.7. The van der Waals surface area contributed by atoms with Gasteiger partial charge in [-0.25, -0.2) is 4.79 Å². The summed E-state index contributed by atoms with van der Waals surface area (Å²) < 4.78 is 21.9. The van der Waals surface area contributed by atoms with Crippen molar-refractivity contribution >= 4 is 15.6 Å². The molecule has 0 bridgehead atoms. The molecule has 1 saturated heterocycles. The van der Waals surface area contributed by atoms with Crippen LogP contribution in [0.15, 0.2) is 0 Å². The molecule has 1 saturated carbocycles. The first-order valence-electron chi connectivity index (χ1n) is 7.62. The lowest BCUT2D eigenvalue weighted by molar-refractivity contribution is 0.0856. The van der Waals surface area contributed by atoms with E-state index < -0.39 is 15.6 Å². The summed E-state index contributed by atoms with van der Waals surface area (Å²) in [4.78, 5) is 13.3. The second kappa shape index (κ2) is 8.09. The van der Waals surface area contributed by atoms with Crippen LogP contribution in [0.1, 0.15) is 33.1 Å². The molecule has 3 unspecified atom stereocenters. The van der Waals surface area contributed by atoms with Crippen LogP contribution >= 0.6 is 0 Å². The summed E-state index contributed by atoms with van der Waals surface area (Å²) in [5.41, 5.74) is 5.50. The number of epoxide rings is 1. The number of primary amides is 1. The molecule has 1 heterocycles. The molecule has 21 heavy (non-hydrogen) atoms. The van der Waals surface area contributed by atoms with Gasteiger partial charge in [0.05, 0.1) is 18.8 Å². The van der Waals surface area contributed by atoms with Crippen LogP contribution in [0.4, 0.5) is 4.79 Å². The molecule has 2 aliphatic rings. The van der Waals surface area contributed by atoms with Crippen LogP contribution in [0, 0.1) is 0 Å². The number of carbonyl (C=O) groups is 1. The third-order valence-corrected chi connectivity index (χ3v) is 5.27. The van der Waals surface area contributed by atoms with Crippen LogP contribution in [0.25, 0.3) is 0 Å². The van der Waals surface area contributed by atoms with E-state index in [4.69, 9.17) is 23.7 Å². The van der Waals surface area contributed by atoms with Crippen molar-refractivity contribution in [3.8, 4) is 0 Å². The number of nitrogens with zero attached hydrogens (tertiary/aromatic N) is 1. The largest absolute Gasteiger partial charge is 0.577 e. The van der Waals surface area contributed by atoms with E-state index in [1.807, 2.05) is 13.8 Å². The van der Waals surface area contributed by atoms with Crippen LogP contribution in [0.5, 0.6) is 0 Å². The van der Waals surface area contributed by atoms with Gasteiger partial charge in [0.25, 0.3) is 0 Å². The number of nitrogens with two attached hydrogens (primary N) is 1. The molecule has 2 amide bonds. The second-order valence-electron chi connectivity index (χ2n) is 5.18. The Morgan fingerprint density at radius 2 is 1.95 bits per heavy atom. The Morgan fingerprint density at radius 3 is 2.52 bits per heavy atom. The van der Waals surface area contributed by atoms with Crippen molar-refractivity contribution in [1.82, 2.24) is 4.90 Å². The quantitative estimate of drug-likeness (QED) is 0.501. The minimum Gasteiger partial charge on any atom is -0.371 e. The molecule has 0 aromatic rings. The van der Waals surface area contributed by atoms with Crippen molar-refractivity contribution in [3.05, 3.63) is 0 Å². The van der Waals surface area contributed by atoms with Gasteiger partial charge in [-0.3, -0.25) is 0 Å². The van der Waals surface area contributed by atoms with Crippen molar-refractivity contribution in [2.24, 2.45) is 5.73 Å². The fraction of sp³-hybridized carbons (Fsp3) is 0.923. The summed E-state index contributed by atoms with van der Waals surface area (Å²) in [6, 6.07) is -0.242. The molecule has 2 fully saturated rings. The number of hydrogen-bond acceptors (Lipinski definition) is 5. The van der Waals surface area contributed by atoms with Gasteiger partial charge in [-0.2, -0.15) is 0 Å². The molecule has 2 N–H and O–H groups in total. The van der Waals surface area contributed by atoms with Crippen LogP contribution in [0.3, 0.4) is 0 Å². The highest BCUT2D eigenvalue weighted by molar-refractivity contribution is 6.36. The van der Waals surface area contributed by atoms with Crippen molar-refractivity contribution in [2.75, 3.05) is 26.4 Å². The van der Waals surface area contributed by atoms with Crippen molar-refractivity contribution < 1.29 is 22.8 Å². The van der Waals surface area contributed by atoms with E-state index in [9.17, 15) is 4.79 Å². The maximum Gasteiger partial charge on any atom is 0.577 e. The zero-order valence-electron chi connectivity index (χ0n) is 12.7. The fourth-order valence-corrected chi connectivity index (χ4v) is 3.71. The molecular formula is C13H25N2O5Si. The summed E-state index contributed by atoms with van der Waals surface area (Å²) >= 11 is 0. The Morgan fingerprint density at radius 1 is 1.24 bits per heavy atom. The monoisotopic (exact) mass is 317 g/mol. The van der Waals surface area contributed by atoms with Gasteiger partial charge in [0.2, 0.25) is 0 Å². The summed E-state index contributed by atoms with van der Waals surface area (Å²) in [7, 11) is -1.70. The van der Waals surface area contributed by atoms with E-state index in [-0.39, 0.29) is 6.04 Å². The lowest BCUT2D eigenvalue weighted by Gasteiger charge is -2.31. The lowest BCUT2D eigenvalue weighted by Crippen LogP contribution is -2.47. The van der Waals surface area contributed by atoms with Gasteiger partial charge >= 0.3 is 15.6 Å². The first kappa shape index (κ1) is 16.7. The SMILES string of the molecule is CCO[Si](OCC)OCCN(C(N)=O)C1CCC2OC2C1. The standard InChI is InChI=1S/C13H25N2O5Si/c1-3-17-21(18-4-2)19-8-7-15(13(14)16)10-5-6-11-12(9-10)20-11/h10-12H,3-9H2,1-2H3,(H2,14,16). The van der Waals surface area contributed by atoms with E-state index in [0.29, 0.717) is 38.6 Å². The Labute approximate surface area is 127 Å². The number of hydrogen-bond donors (Lipinski definition) is 1. The van der Waals surface area contributed by atoms with Crippen molar-refractivity contribution in [3.63, 3.8) is 0 Å². The molecule has 0 aromatic heterocycles. The highest BCUT2D eigenvalue weighted by Gasteiger charge is 2.45. The molecule has 1 aliphatic carbocycles. The number of carbonyl (C=O) groups excluding carboxylic acids is 1. The summed E-state index contributed by atoms with van der Waals surface area (Å²) in [6.45, 7) is 5.75. The smallest absolute Gasteiger partial charge is 0.371 e. The summed E-state index contributed by atoms with van der Waals surface area (Å²) in [5, 5.41) is 0. The van der Waals surface area contributed by atoms with Gasteiger partial charge in [-0.05, 0) is 33.1 Å². The second-order valence-corrected chi connectivity index (χ2v) is 6.54. The number of fused-ring (bicyclic) bond motifs is 1. The van der Waals surface area contributed by atoms with Gasteiger partial charge in [0, 0.05) is 25.8 Å². The number of amides is 2. The zero-order chi connectivity index (χ0) is 15.2. The molecule has 7 nitrogen and oxygen atoms in total. The molecule has 0 aromatic carbocycles. The Kier molecular flexibility index (Phi) is 6.43. The Balaban J connectivity index is 1.75. The number of rotatable bonds is 9. The fourth-order valence-electron chi connectivity index (χ4n) is 2.73. The van der Waals surface area contributed by atoms with Crippen LogP contribution in [-0.2, 0) is 18.0 Å². The Hall–Kier alpha value is -0.673. The maximum atomic E-state index is 11.6. The van der Waals surface area contributed by atoms with Gasteiger partial charge in [-0.1, -0.05) is 0 Å². The molecular weight excluding hydrogens is 292 g/mol. The lowest BCUT2D eigenvalue weighted by atomic mass is 9.94. The van der Waals surface area contributed by atoms with Gasteiger partial charge in [0.15, 0.2) is 0 Å². The third-order valence-electron chi connectivity index (χ3n) is 3.78. The highest BCUT2D eigenvalue weighted by atomic mass is 28.3. The average molecular weight is 317 g/mol. The average Bonchev–Trinajstić information content (AvgIpc) is 3.21. The topological polar surface area (TPSA) is 86.6 Å². The minimum absolute atomic E-state index is 0.157. The summed E-state index contributed by atoms with van der Waals surface area (Å²) in [6.07, 6.45) is 3.56. The number of urea groups is 1. The molecule has 1 aliphatic heterocycles. The first-order valence-corrected chi connectivity index (χ1v) is 8.85. The normalized spacial score (nSPS) is 27.5. The Bertz CT molecular complexity index is 341. The van der Waals surface area contributed by atoms with E-state index in [1.165, 1.54) is 0 Å². The van der Waals surface area contributed by atoms with Crippen LogP contribution in [0.2, 0.25) is 0 Å². The van der Waals surface area contributed by atoms with Crippen molar-refractivity contribution in [1.29, 1.82) is 0 Å². The van der Waals surface area contributed by atoms with E-state index in [2.05, 4.69) is 0 Å². The van der Waals surface area contributed by atoms with E-state index in [1.54, 1.807) is 4.90 Å².